The smallest absolute Gasteiger partial charge is 0.157 e. The zero-order valence-electron chi connectivity index (χ0n) is 11.0. The molecule has 0 saturated carbocycles. The van der Waals surface area contributed by atoms with Gasteiger partial charge in [-0.05, 0) is 24.3 Å². The lowest BCUT2D eigenvalue weighted by Crippen LogP contribution is -2.22. The molecular weight excluding hydrogens is 278 g/mol. The van der Waals surface area contributed by atoms with Gasteiger partial charge in [0.2, 0.25) is 0 Å². The second-order valence-electron chi connectivity index (χ2n) is 4.28. The van der Waals surface area contributed by atoms with E-state index in [9.17, 15) is 5.11 Å². The number of aliphatic hydroxyl groups is 1. The summed E-state index contributed by atoms with van der Waals surface area (Å²) in [6.07, 6.45) is 2.23. The van der Waals surface area contributed by atoms with Crippen molar-refractivity contribution in [3.05, 3.63) is 53.1 Å². The van der Waals surface area contributed by atoms with Gasteiger partial charge in [-0.3, -0.25) is 0 Å². The molecule has 0 aliphatic carbocycles. The van der Waals surface area contributed by atoms with Crippen molar-refractivity contribution < 1.29 is 9.84 Å². The summed E-state index contributed by atoms with van der Waals surface area (Å²) in [5.74, 6) is 0.552. The van der Waals surface area contributed by atoms with Gasteiger partial charge in [0.05, 0.1) is 7.11 Å². The Balaban J connectivity index is 2.40. The van der Waals surface area contributed by atoms with E-state index in [1.807, 2.05) is 0 Å². The number of nitrogens with zero attached hydrogens (tertiary/aromatic N) is 2. The average Bonchev–Trinajstić information content (AvgIpc) is 2.49. The third-order valence-corrected chi connectivity index (χ3v) is 3.31. The fourth-order valence-corrected chi connectivity index (χ4v) is 2.24. The van der Waals surface area contributed by atoms with Gasteiger partial charge in [-0.15, -0.1) is 0 Å². The van der Waals surface area contributed by atoms with Crippen LogP contribution in [0.1, 0.15) is 23.4 Å². The number of nitrogens with two attached hydrogens (primary N) is 1. The van der Waals surface area contributed by atoms with E-state index in [0.29, 0.717) is 16.6 Å². The molecule has 1 heterocycles. The highest BCUT2D eigenvalue weighted by Crippen LogP contribution is 2.35. The second kappa shape index (κ2) is 6.65. The zero-order valence-corrected chi connectivity index (χ0v) is 11.8. The minimum atomic E-state index is -0.923. The van der Waals surface area contributed by atoms with Gasteiger partial charge in [-0.25, -0.2) is 9.97 Å². The second-order valence-corrected chi connectivity index (χ2v) is 4.72. The lowest BCUT2D eigenvalue weighted by atomic mass is 9.92. The summed E-state index contributed by atoms with van der Waals surface area (Å²) in [5, 5.41) is 11.0. The van der Waals surface area contributed by atoms with Crippen molar-refractivity contribution in [2.45, 2.75) is 12.0 Å². The minimum absolute atomic E-state index is 0.218. The molecule has 6 heteroatoms. The molecule has 2 atom stereocenters. The number of hydrogen-bond acceptors (Lipinski definition) is 5. The van der Waals surface area contributed by atoms with E-state index in [4.69, 9.17) is 22.1 Å². The molecule has 2 aromatic rings. The Hall–Kier alpha value is -1.69. The predicted octanol–water partition coefficient (Wildman–Crippen LogP) is 1.91. The first-order valence-corrected chi connectivity index (χ1v) is 6.53. The van der Waals surface area contributed by atoms with Crippen LogP contribution in [0, 0.1) is 0 Å². The minimum Gasteiger partial charge on any atom is -0.496 e. The Morgan fingerprint density at radius 1 is 1.35 bits per heavy atom. The Bertz CT molecular complexity index is 566. The van der Waals surface area contributed by atoms with Gasteiger partial charge in [-0.1, -0.05) is 11.6 Å². The van der Waals surface area contributed by atoms with E-state index >= 15 is 0 Å². The van der Waals surface area contributed by atoms with Crippen LogP contribution in [0.25, 0.3) is 0 Å². The molecule has 0 bridgehead atoms. The molecular formula is C14H16ClN3O2. The van der Waals surface area contributed by atoms with Gasteiger partial charge in [-0.2, -0.15) is 0 Å². The quantitative estimate of drug-likeness (QED) is 0.880. The summed E-state index contributed by atoms with van der Waals surface area (Å²) in [6.45, 7) is 0.218. The topological polar surface area (TPSA) is 81.3 Å². The molecule has 106 valence electrons. The highest BCUT2D eigenvalue weighted by Gasteiger charge is 2.26. The number of ether oxygens (including phenoxy) is 1. The highest BCUT2D eigenvalue weighted by molar-refractivity contribution is 6.30. The Morgan fingerprint density at radius 3 is 2.65 bits per heavy atom. The number of aromatic nitrogens is 2. The summed E-state index contributed by atoms with van der Waals surface area (Å²) >= 11 is 6.02. The molecule has 2 rings (SSSR count). The molecule has 2 unspecified atom stereocenters. The summed E-state index contributed by atoms with van der Waals surface area (Å²) < 4.78 is 5.30. The lowest BCUT2D eigenvalue weighted by Gasteiger charge is -2.22. The fraction of sp³-hybridized carbons (Fsp3) is 0.286. The Kier molecular flexibility index (Phi) is 4.89. The molecule has 5 nitrogen and oxygen atoms in total. The summed E-state index contributed by atoms with van der Waals surface area (Å²) in [6, 6.07) is 6.90. The molecule has 0 fully saturated rings. The first-order chi connectivity index (χ1) is 9.67. The number of hydrogen-bond donors (Lipinski definition) is 2. The van der Waals surface area contributed by atoms with Gasteiger partial charge >= 0.3 is 0 Å². The first kappa shape index (κ1) is 14.7. The first-order valence-electron chi connectivity index (χ1n) is 6.16. The monoisotopic (exact) mass is 293 g/mol. The third kappa shape index (κ3) is 3.07. The van der Waals surface area contributed by atoms with Crippen LogP contribution in [-0.2, 0) is 0 Å². The van der Waals surface area contributed by atoms with Crippen LogP contribution in [0.5, 0.6) is 5.75 Å². The number of rotatable bonds is 5. The number of aliphatic hydroxyl groups excluding tert-OH is 1. The van der Waals surface area contributed by atoms with Gasteiger partial charge in [0, 0.05) is 35.4 Å². The molecule has 1 aromatic heterocycles. The van der Waals surface area contributed by atoms with Crippen molar-refractivity contribution >= 4 is 11.6 Å². The summed E-state index contributed by atoms with van der Waals surface area (Å²) in [5.41, 5.74) is 6.54. The molecule has 0 aliphatic heterocycles. The van der Waals surface area contributed by atoms with E-state index < -0.39 is 12.0 Å². The number of methoxy groups -OCH3 is 1. The Morgan fingerprint density at radius 2 is 2.05 bits per heavy atom. The van der Waals surface area contributed by atoms with Crippen LogP contribution in [-0.4, -0.2) is 28.7 Å². The standard InChI is InChI=1S/C14H16ClN3O2/c1-20-12-4-3-9(15)7-10(12)11(8-16)13(19)14-17-5-2-6-18-14/h2-7,11,13,19H,8,16H2,1H3. The van der Waals surface area contributed by atoms with Crippen molar-refractivity contribution in [3.63, 3.8) is 0 Å². The Labute approximate surface area is 122 Å². The largest absolute Gasteiger partial charge is 0.496 e. The molecule has 20 heavy (non-hydrogen) atoms. The van der Waals surface area contributed by atoms with Crippen LogP contribution in [0.3, 0.4) is 0 Å². The van der Waals surface area contributed by atoms with E-state index in [0.717, 1.165) is 5.56 Å². The van der Waals surface area contributed by atoms with Gasteiger partial charge in [0.1, 0.15) is 11.9 Å². The van der Waals surface area contributed by atoms with Crippen molar-refractivity contribution in [2.75, 3.05) is 13.7 Å². The average molecular weight is 294 g/mol. The van der Waals surface area contributed by atoms with E-state index in [-0.39, 0.29) is 6.54 Å². The van der Waals surface area contributed by atoms with E-state index in [1.54, 1.807) is 43.8 Å². The lowest BCUT2D eigenvalue weighted by molar-refractivity contribution is 0.136. The molecule has 3 N–H and O–H groups in total. The fourth-order valence-electron chi connectivity index (χ4n) is 2.06. The van der Waals surface area contributed by atoms with Crippen LogP contribution in [0.15, 0.2) is 36.7 Å². The van der Waals surface area contributed by atoms with Crippen molar-refractivity contribution in [3.8, 4) is 5.75 Å². The maximum Gasteiger partial charge on any atom is 0.157 e. The molecule has 0 saturated heterocycles. The third-order valence-electron chi connectivity index (χ3n) is 3.08. The van der Waals surface area contributed by atoms with Crippen molar-refractivity contribution in [2.24, 2.45) is 5.73 Å². The van der Waals surface area contributed by atoms with Gasteiger partial charge < -0.3 is 15.6 Å². The van der Waals surface area contributed by atoms with Crippen LogP contribution in [0.4, 0.5) is 0 Å². The van der Waals surface area contributed by atoms with Crippen LogP contribution < -0.4 is 10.5 Å². The van der Waals surface area contributed by atoms with E-state index in [1.165, 1.54) is 0 Å². The maximum atomic E-state index is 10.4. The molecule has 0 aliphatic rings. The molecule has 0 amide bonds. The SMILES string of the molecule is COc1ccc(Cl)cc1C(CN)C(O)c1ncccn1. The molecule has 0 spiro atoms. The van der Waals surface area contributed by atoms with Crippen LogP contribution >= 0.6 is 11.6 Å². The number of benzene rings is 1. The molecule has 0 radical (unpaired) electrons. The summed E-state index contributed by atoms with van der Waals surface area (Å²) in [7, 11) is 1.56. The highest BCUT2D eigenvalue weighted by atomic mass is 35.5. The van der Waals surface area contributed by atoms with Crippen molar-refractivity contribution in [1.29, 1.82) is 0 Å². The molecule has 1 aromatic carbocycles. The predicted molar refractivity (Wildman–Crippen MR) is 76.8 cm³/mol. The van der Waals surface area contributed by atoms with E-state index in [2.05, 4.69) is 9.97 Å². The van der Waals surface area contributed by atoms with Crippen molar-refractivity contribution in [1.82, 2.24) is 9.97 Å². The summed E-state index contributed by atoms with van der Waals surface area (Å²) in [4.78, 5) is 8.12. The van der Waals surface area contributed by atoms with Gasteiger partial charge in [0.25, 0.3) is 0 Å². The van der Waals surface area contributed by atoms with Crippen LogP contribution in [0.2, 0.25) is 5.02 Å². The normalized spacial score (nSPS) is 13.8. The maximum absolute atomic E-state index is 10.4. The number of halogens is 1. The van der Waals surface area contributed by atoms with Gasteiger partial charge in [0.15, 0.2) is 5.82 Å². The zero-order chi connectivity index (χ0) is 14.5.